The van der Waals surface area contributed by atoms with Crippen LogP contribution in [0.3, 0.4) is 0 Å². The highest BCUT2D eigenvalue weighted by atomic mass is 32.2. The molecule has 6 heteroatoms. The molecule has 1 aromatic heterocycles. The molecule has 1 aromatic rings. The van der Waals surface area contributed by atoms with Gasteiger partial charge in [-0.2, -0.15) is 0 Å². The molecular formula is C12H19N3O2S. The SMILES string of the molecule is CCNc1ncccc1C(=O)NC(C)CS(C)=O. The molecule has 2 unspecified atom stereocenters. The Balaban J connectivity index is 2.74. The smallest absolute Gasteiger partial charge is 0.255 e. The van der Waals surface area contributed by atoms with Gasteiger partial charge in [0.05, 0.1) is 5.56 Å². The van der Waals surface area contributed by atoms with Crippen molar-refractivity contribution in [3.63, 3.8) is 0 Å². The summed E-state index contributed by atoms with van der Waals surface area (Å²) in [5, 5.41) is 5.85. The lowest BCUT2D eigenvalue weighted by Crippen LogP contribution is -2.36. The van der Waals surface area contributed by atoms with E-state index in [2.05, 4.69) is 15.6 Å². The highest BCUT2D eigenvalue weighted by molar-refractivity contribution is 7.84. The number of aromatic nitrogens is 1. The van der Waals surface area contributed by atoms with Crippen LogP contribution in [-0.2, 0) is 10.8 Å². The third kappa shape index (κ3) is 4.44. The lowest BCUT2D eigenvalue weighted by Gasteiger charge is -2.14. The molecule has 0 fully saturated rings. The standard InChI is InChI=1S/C12H19N3O2S/c1-4-13-11-10(6-5-7-14-11)12(16)15-9(2)8-18(3)17/h5-7,9H,4,8H2,1-3H3,(H,13,14)(H,15,16). The first kappa shape index (κ1) is 14.6. The number of amides is 1. The molecule has 100 valence electrons. The molecular weight excluding hydrogens is 250 g/mol. The van der Waals surface area contributed by atoms with Crippen LogP contribution < -0.4 is 10.6 Å². The van der Waals surface area contributed by atoms with Crippen LogP contribution in [0.25, 0.3) is 0 Å². The van der Waals surface area contributed by atoms with E-state index in [0.29, 0.717) is 23.7 Å². The van der Waals surface area contributed by atoms with Crippen LogP contribution in [0.5, 0.6) is 0 Å². The van der Waals surface area contributed by atoms with Crippen LogP contribution in [-0.4, -0.2) is 39.7 Å². The van der Waals surface area contributed by atoms with Crippen molar-refractivity contribution in [3.8, 4) is 0 Å². The average Bonchev–Trinajstić information content (AvgIpc) is 2.28. The summed E-state index contributed by atoms with van der Waals surface area (Å²) < 4.78 is 11.1. The molecule has 1 amide bonds. The second kappa shape index (κ2) is 7.10. The molecule has 2 atom stereocenters. The minimum absolute atomic E-state index is 0.127. The van der Waals surface area contributed by atoms with Gasteiger partial charge < -0.3 is 10.6 Å². The fourth-order valence-electron chi connectivity index (χ4n) is 1.59. The largest absolute Gasteiger partial charge is 0.370 e. The van der Waals surface area contributed by atoms with Gasteiger partial charge in [-0.05, 0) is 26.0 Å². The molecule has 2 N–H and O–H groups in total. The lowest BCUT2D eigenvalue weighted by atomic mass is 10.2. The lowest BCUT2D eigenvalue weighted by molar-refractivity contribution is 0.0944. The Morgan fingerprint density at radius 1 is 1.56 bits per heavy atom. The predicted octanol–water partition coefficient (Wildman–Crippen LogP) is 1.01. The van der Waals surface area contributed by atoms with Crippen molar-refractivity contribution in [2.45, 2.75) is 19.9 Å². The number of hydrogen-bond donors (Lipinski definition) is 2. The molecule has 0 aliphatic carbocycles. The van der Waals surface area contributed by atoms with Gasteiger partial charge in [-0.3, -0.25) is 9.00 Å². The monoisotopic (exact) mass is 269 g/mol. The molecule has 1 rings (SSSR count). The summed E-state index contributed by atoms with van der Waals surface area (Å²) in [5.41, 5.74) is 0.507. The Morgan fingerprint density at radius 2 is 2.28 bits per heavy atom. The van der Waals surface area contributed by atoms with Crippen molar-refractivity contribution in [2.75, 3.05) is 23.9 Å². The fourth-order valence-corrected chi connectivity index (χ4v) is 2.38. The van der Waals surface area contributed by atoms with Crippen LogP contribution in [0.1, 0.15) is 24.2 Å². The molecule has 1 heterocycles. The molecule has 0 saturated carbocycles. The van der Waals surface area contributed by atoms with Crippen molar-refractivity contribution in [2.24, 2.45) is 0 Å². The number of nitrogens with one attached hydrogen (secondary N) is 2. The highest BCUT2D eigenvalue weighted by Crippen LogP contribution is 2.11. The fraction of sp³-hybridized carbons (Fsp3) is 0.500. The number of anilines is 1. The van der Waals surface area contributed by atoms with Crippen molar-refractivity contribution in [1.82, 2.24) is 10.3 Å². The molecule has 0 aliphatic heterocycles. The average molecular weight is 269 g/mol. The van der Waals surface area contributed by atoms with Crippen molar-refractivity contribution in [3.05, 3.63) is 23.9 Å². The summed E-state index contributed by atoms with van der Waals surface area (Å²) in [4.78, 5) is 16.2. The number of carbonyl (C=O) groups excluding carboxylic acids is 1. The third-order valence-corrected chi connectivity index (χ3v) is 3.23. The second-order valence-electron chi connectivity index (χ2n) is 4.04. The minimum atomic E-state index is -0.923. The van der Waals surface area contributed by atoms with Crippen LogP contribution in [0.4, 0.5) is 5.82 Å². The van der Waals surface area contributed by atoms with Gasteiger partial charge in [-0.15, -0.1) is 0 Å². The molecule has 0 spiro atoms. The van der Waals surface area contributed by atoms with Crippen LogP contribution in [0.15, 0.2) is 18.3 Å². The number of nitrogens with zero attached hydrogens (tertiary/aromatic N) is 1. The zero-order chi connectivity index (χ0) is 13.5. The summed E-state index contributed by atoms with van der Waals surface area (Å²) in [7, 11) is -0.923. The summed E-state index contributed by atoms with van der Waals surface area (Å²) in [6.07, 6.45) is 3.26. The van der Waals surface area contributed by atoms with Crippen LogP contribution in [0.2, 0.25) is 0 Å². The van der Waals surface area contributed by atoms with E-state index >= 15 is 0 Å². The molecule has 0 radical (unpaired) electrons. The first-order valence-corrected chi connectivity index (χ1v) is 7.57. The van der Waals surface area contributed by atoms with Gasteiger partial charge in [0.2, 0.25) is 0 Å². The molecule has 18 heavy (non-hydrogen) atoms. The van der Waals surface area contributed by atoms with Crippen LogP contribution in [0, 0.1) is 0 Å². The van der Waals surface area contributed by atoms with E-state index in [9.17, 15) is 9.00 Å². The van der Waals surface area contributed by atoms with Crippen molar-refractivity contribution < 1.29 is 9.00 Å². The summed E-state index contributed by atoms with van der Waals surface area (Å²) in [6.45, 7) is 4.48. The van der Waals surface area contributed by atoms with E-state index in [-0.39, 0.29) is 11.9 Å². The number of pyridine rings is 1. The van der Waals surface area contributed by atoms with Crippen molar-refractivity contribution >= 4 is 22.5 Å². The maximum atomic E-state index is 12.0. The molecule has 0 aliphatic rings. The summed E-state index contributed by atoms with van der Waals surface area (Å²) >= 11 is 0. The van der Waals surface area contributed by atoms with E-state index in [4.69, 9.17) is 0 Å². The number of hydrogen-bond acceptors (Lipinski definition) is 4. The van der Waals surface area contributed by atoms with Gasteiger partial charge >= 0.3 is 0 Å². The molecule has 0 saturated heterocycles. The van der Waals surface area contributed by atoms with E-state index in [1.54, 1.807) is 24.6 Å². The first-order valence-electron chi connectivity index (χ1n) is 5.84. The minimum Gasteiger partial charge on any atom is -0.370 e. The Labute approximate surface area is 110 Å². The first-order chi connectivity index (χ1) is 8.54. The summed E-state index contributed by atoms with van der Waals surface area (Å²) in [5.74, 6) is 0.821. The van der Waals surface area contributed by atoms with E-state index in [1.807, 2.05) is 13.8 Å². The Kier molecular flexibility index (Phi) is 5.77. The predicted molar refractivity (Wildman–Crippen MR) is 74.3 cm³/mol. The Morgan fingerprint density at radius 3 is 2.89 bits per heavy atom. The van der Waals surface area contributed by atoms with Crippen molar-refractivity contribution in [1.29, 1.82) is 0 Å². The highest BCUT2D eigenvalue weighted by Gasteiger charge is 2.14. The maximum absolute atomic E-state index is 12.0. The topological polar surface area (TPSA) is 71.1 Å². The van der Waals surface area contributed by atoms with Gasteiger partial charge in [0.1, 0.15) is 5.82 Å². The maximum Gasteiger partial charge on any atom is 0.255 e. The van der Waals surface area contributed by atoms with Gasteiger partial charge in [-0.25, -0.2) is 4.98 Å². The van der Waals surface area contributed by atoms with Gasteiger partial charge in [-0.1, -0.05) is 0 Å². The molecule has 5 nitrogen and oxygen atoms in total. The zero-order valence-corrected chi connectivity index (χ0v) is 11.7. The van der Waals surface area contributed by atoms with E-state index in [1.165, 1.54) is 0 Å². The number of rotatable bonds is 6. The zero-order valence-electron chi connectivity index (χ0n) is 10.9. The molecule has 0 aromatic carbocycles. The Hall–Kier alpha value is -1.43. The normalized spacial score (nSPS) is 13.7. The molecule has 0 bridgehead atoms. The summed E-state index contributed by atoms with van der Waals surface area (Å²) in [6, 6.07) is 3.31. The van der Waals surface area contributed by atoms with Gasteiger partial charge in [0.25, 0.3) is 5.91 Å². The van der Waals surface area contributed by atoms with Gasteiger partial charge in [0.15, 0.2) is 0 Å². The van der Waals surface area contributed by atoms with Gasteiger partial charge in [0, 0.05) is 41.6 Å². The second-order valence-corrected chi connectivity index (χ2v) is 5.52. The third-order valence-electron chi connectivity index (χ3n) is 2.26. The van der Waals surface area contributed by atoms with E-state index in [0.717, 1.165) is 0 Å². The van der Waals surface area contributed by atoms with E-state index < -0.39 is 10.8 Å². The van der Waals surface area contributed by atoms with Crippen LogP contribution >= 0.6 is 0 Å². The Bertz CT molecular complexity index is 437. The quantitative estimate of drug-likeness (QED) is 0.808. The number of carbonyl (C=O) groups is 1.